The highest BCUT2D eigenvalue weighted by molar-refractivity contribution is 8.00. The van der Waals surface area contributed by atoms with Gasteiger partial charge >= 0.3 is 0 Å². The van der Waals surface area contributed by atoms with E-state index in [0.717, 1.165) is 4.34 Å². The Morgan fingerprint density at radius 2 is 2.17 bits per heavy atom. The van der Waals surface area contributed by atoms with Gasteiger partial charge in [-0.15, -0.1) is 0 Å². The second-order valence-corrected chi connectivity index (χ2v) is 6.14. The number of nitrogens with zero attached hydrogens (tertiary/aromatic N) is 3. The fourth-order valence-corrected chi connectivity index (χ4v) is 3.24. The predicted octanol–water partition coefficient (Wildman–Crippen LogP) is 1.69. The van der Waals surface area contributed by atoms with Gasteiger partial charge in [-0.05, 0) is 20.1 Å². The Bertz CT molecular complexity index is 619. The van der Waals surface area contributed by atoms with Crippen LogP contribution in [0.15, 0.2) is 9.13 Å². The zero-order chi connectivity index (χ0) is 13.3. The summed E-state index contributed by atoms with van der Waals surface area (Å²) in [6.45, 7) is 3.84. The molecule has 0 bridgehead atoms. The quantitative estimate of drug-likeness (QED) is 0.866. The first kappa shape index (κ1) is 13.5. The molecule has 0 spiro atoms. The number of hydrogen-bond acceptors (Lipinski definition) is 6. The first-order valence-electron chi connectivity index (χ1n) is 5.65. The van der Waals surface area contributed by atoms with Crippen LogP contribution in [0.3, 0.4) is 0 Å². The number of fused-ring (bicyclic) bond motifs is 1. The molecule has 98 valence electrons. The van der Waals surface area contributed by atoms with E-state index in [1.165, 1.54) is 23.1 Å². The van der Waals surface area contributed by atoms with Crippen molar-refractivity contribution in [3.05, 3.63) is 16.2 Å². The highest BCUT2D eigenvalue weighted by Gasteiger charge is 2.16. The van der Waals surface area contributed by atoms with E-state index < -0.39 is 0 Å². The minimum Gasteiger partial charge on any atom is -0.396 e. The third-order valence-corrected chi connectivity index (χ3v) is 4.48. The van der Waals surface area contributed by atoms with Crippen molar-refractivity contribution < 1.29 is 5.11 Å². The normalized spacial score (nSPS) is 11.6. The minimum atomic E-state index is -0.116. The molecule has 2 aromatic rings. The van der Waals surface area contributed by atoms with Crippen LogP contribution in [0.25, 0.3) is 10.3 Å². The van der Waals surface area contributed by atoms with Gasteiger partial charge in [-0.1, -0.05) is 23.1 Å². The third kappa shape index (κ3) is 2.30. The fraction of sp³-hybridized carbons (Fsp3) is 0.545. The molecule has 0 amide bonds. The summed E-state index contributed by atoms with van der Waals surface area (Å²) in [4.78, 5) is 21.8. The van der Waals surface area contributed by atoms with Gasteiger partial charge in [0.25, 0.3) is 5.56 Å². The number of thioether (sulfide) groups is 1. The van der Waals surface area contributed by atoms with Gasteiger partial charge in [-0.25, -0.2) is 9.97 Å². The Morgan fingerprint density at radius 3 is 2.72 bits per heavy atom. The van der Waals surface area contributed by atoms with Gasteiger partial charge in [0, 0.05) is 12.5 Å². The van der Waals surface area contributed by atoms with E-state index in [1.54, 1.807) is 4.57 Å². The summed E-state index contributed by atoms with van der Waals surface area (Å²) in [5.74, 6) is 0.626. The summed E-state index contributed by atoms with van der Waals surface area (Å²) in [6.07, 6.45) is 2.31. The molecule has 0 atom stereocenters. The highest BCUT2D eigenvalue weighted by Crippen LogP contribution is 2.25. The van der Waals surface area contributed by atoms with Gasteiger partial charge in [-0.3, -0.25) is 9.36 Å². The molecule has 0 aromatic carbocycles. The maximum absolute atomic E-state index is 12.4. The van der Waals surface area contributed by atoms with Crippen LogP contribution in [-0.4, -0.2) is 32.5 Å². The van der Waals surface area contributed by atoms with Crippen LogP contribution in [0.4, 0.5) is 0 Å². The molecule has 2 rings (SSSR count). The maximum Gasteiger partial charge on any atom is 0.281 e. The second-order valence-electron chi connectivity index (χ2n) is 4.11. The monoisotopic (exact) mass is 285 g/mol. The average molecular weight is 285 g/mol. The standard InChI is InChI=1S/C11H15N3O2S2/c1-6(2)14-7(4-5-15)12-9-8(10(14)16)13-11(17-3)18-9/h6,15H,4-5H2,1-3H3. The first-order valence-corrected chi connectivity index (χ1v) is 7.69. The van der Waals surface area contributed by atoms with Crippen LogP contribution in [0.2, 0.25) is 0 Å². The summed E-state index contributed by atoms with van der Waals surface area (Å²) in [5, 5.41) is 9.07. The Balaban J connectivity index is 2.74. The van der Waals surface area contributed by atoms with Crippen molar-refractivity contribution in [1.29, 1.82) is 0 Å². The number of aliphatic hydroxyl groups excluding tert-OH is 1. The summed E-state index contributed by atoms with van der Waals surface area (Å²) in [5.41, 5.74) is 0.315. The molecule has 2 heterocycles. The van der Waals surface area contributed by atoms with Gasteiger partial charge in [0.15, 0.2) is 14.7 Å². The van der Waals surface area contributed by atoms with E-state index in [1.807, 2.05) is 20.1 Å². The lowest BCUT2D eigenvalue weighted by atomic mass is 10.3. The predicted molar refractivity (Wildman–Crippen MR) is 74.6 cm³/mol. The van der Waals surface area contributed by atoms with Crippen LogP contribution >= 0.6 is 23.1 Å². The van der Waals surface area contributed by atoms with E-state index in [-0.39, 0.29) is 18.2 Å². The molecule has 0 unspecified atom stereocenters. The van der Waals surface area contributed by atoms with Crippen molar-refractivity contribution in [2.24, 2.45) is 0 Å². The van der Waals surface area contributed by atoms with Gasteiger partial charge in [0.05, 0.1) is 6.61 Å². The topological polar surface area (TPSA) is 68.0 Å². The molecule has 0 saturated heterocycles. The fourth-order valence-electron chi connectivity index (χ4n) is 1.81. The van der Waals surface area contributed by atoms with Crippen molar-refractivity contribution in [2.45, 2.75) is 30.6 Å². The van der Waals surface area contributed by atoms with E-state index in [0.29, 0.717) is 22.6 Å². The lowest BCUT2D eigenvalue weighted by molar-refractivity contribution is 0.292. The van der Waals surface area contributed by atoms with Gasteiger partial charge in [0.2, 0.25) is 0 Å². The molecule has 0 aliphatic heterocycles. The smallest absolute Gasteiger partial charge is 0.281 e. The van der Waals surface area contributed by atoms with Gasteiger partial charge in [-0.2, -0.15) is 0 Å². The molecule has 5 nitrogen and oxygen atoms in total. The molecular weight excluding hydrogens is 270 g/mol. The van der Waals surface area contributed by atoms with Crippen LogP contribution in [0.1, 0.15) is 25.7 Å². The van der Waals surface area contributed by atoms with E-state index in [9.17, 15) is 4.79 Å². The van der Waals surface area contributed by atoms with E-state index in [2.05, 4.69) is 9.97 Å². The number of thiazole rings is 1. The largest absolute Gasteiger partial charge is 0.396 e. The molecule has 0 radical (unpaired) electrons. The number of hydrogen-bond donors (Lipinski definition) is 1. The highest BCUT2D eigenvalue weighted by atomic mass is 32.2. The molecular formula is C11H15N3O2S2. The Morgan fingerprint density at radius 1 is 1.44 bits per heavy atom. The van der Waals surface area contributed by atoms with E-state index in [4.69, 9.17) is 5.11 Å². The van der Waals surface area contributed by atoms with Crippen LogP contribution in [-0.2, 0) is 6.42 Å². The van der Waals surface area contributed by atoms with Crippen molar-refractivity contribution in [3.63, 3.8) is 0 Å². The molecule has 7 heteroatoms. The zero-order valence-corrected chi connectivity index (χ0v) is 12.1. The van der Waals surface area contributed by atoms with Gasteiger partial charge in [0.1, 0.15) is 5.82 Å². The lowest BCUT2D eigenvalue weighted by Crippen LogP contribution is -2.27. The number of aliphatic hydroxyl groups is 1. The second kappa shape index (κ2) is 5.38. The Labute approximate surface area is 113 Å². The van der Waals surface area contributed by atoms with Crippen LogP contribution in [0, 0.1) is 0 Å². The van der Waals surface area contributed by atoms with E-state index >= 15 is 0 Å². The molecule has 0 aliphatic carbocycles. The molecule has 2 aromatic heterocycles. The zero-order valence-electron chi connectivity index (χ0n) is 10.5. The summed E-state index contributed by atoms with van der Waals surface area (Å²) < 4.78 is 2.45. The summed E-state index contributed by atoms with van der Waals surface area (Å²) in [7, 11) is 0. The lowest BCUT2D eigenvalue weighted by Gasteiger charge is -2.14. The third-order valence-electron chi connectivity index (χ3n) is 2.55. The minimum absolute atomic E-state index is 0.00961. The summed E-state index contributed by atoms with van der Waals surface area (Å²) >= 11 is 2.92. The summed E-state index contributed by atoms with van der Waals surface area (Å²) in [6, 6.07) is 0.00961. The van der Waals surface area contributed by atoms with Crippen LogP contribution in [0.5, 0.6) is 0 Å². The SMILES string of the molecule is CSc1nc2c(=O)n(C(C)C)c(CCO)nc2s1. The van der Waals surface area contributed by atoms with Crippen LogP contribution < -0.4 is 5.56 Å². The first-order chi connectivity index (χ1) is 8.58. The maximum atomic E-state index is 12.4. The van der Waals surface area contributed by atoms with Crippen molar-refractivity contribution in [2.75, 3.05) is 12.9 Å². The molecule has 1 N–H and O–H groups in total. The molecule has 0 fully saturated rings. The van der Waals surface area contributed by atoms with Crippen molar-refractivity contribution >= 4 is 33.4 Å². The average Bonchev–Trinajstić information content (AvgIpc) is 2.72. The Kier molecular flexibility index (Phi) is 4.04. The van der Waals surface area contributed by atoms with Crippen molar-refractivity contribution in [3.8, 4) is 0 Å². The van der Waals surface area contributed by atoms with Gasteiger partial charge < -0.3 is 5.11 Å². The Hall–Kier alpha value is -0.920. The number of rotatable bonds is 4. The number of aromatic nitrogens is 3. The molecule has 0 aliphatic rings. The molecule has 0 saturated carbocycles. The molecule has 18 heavy (non-hydrogen) atoms. The van der Waals surface area contributed by atoms with Crippen molar-refractivity contribution in [1.82, 2.24) is 14.5 Å².